The standard InChI is InChI=1S/C12H21N3OS/c1-3-16-10-11(13)15-17-12(10)14-7-9-5-4-8(2)6-9/h8-9,14H,3-7H2,1-2H3,(H2,13,15). The molecule has 0 aromatic carbocycles. The molecule has 1 aromatic rings. The first kappa shape index (κ1) is 12.5. The molecule has 3 N–H and O–H groups in total. The maximum absolute atomic E-state index is 5.77. The van der Waals surface area contributed by atoms with E-state index in [1.807, 2.05) is 6.92 Å². The number of nitrogens with zero attached hydrogens (tertiary/aromatic N) is 1. The zero-order valence-corrected chi connectivity index (χ0v) is 11.3. The molecule has 96 valence electrons. The fourth-order valence-corrected chi connectivity index (χ4v) is 3.10. The average molecular weight is 255 g/mol. The maximum atomic E-state index is 5.77. The van der Waals surface area contributed by atoms with Crippen molar-refractivity contribution in [3.8, 4) is 5.75 Å². The van der Waals surface area contributed by atoms with Crippen molar-refractivity contribution in [2.24, 2.45) is 11.8 Å². The topological polar surface area (TPSA) is 60.2 Å². The van der Waals surface area contributed by atoms with Crippen LogP contribution in [0.4, 0.5) is 10.8 Å². The van der Waals surface area contributed by atoms with Crippen molar-refractivity contribution >= 4 is 22.4 Å². The van der Waals surface area contributed by atoms with Gasteiger partial charge in [0, 0.05) is 6.54 Å². The molecule has 0 aliphatic heterocycles. The highest BCUT2D eigenvalue weighted by molar-refractivity contribution is 7.11. The normalized spacial score (nSPS) is 23.9. The Hall–Kier alpha value is -0.970. The summed E-state index contributed by atoms with van der Waals surface area (Å²) in [6.07, 6.45) is 4.01. The van der Waals surface area contributed by atoms with Crippen LogP contribution in [0.1, 0.15) is 33.1 Å². The molecule has 0 spiro atoms. The summed E-state index contributed by atoms with van der Waals surface area (Å²) in [5.41, 5.74) is 5.77. The van der Waals surface area contributed by atoms with Gasteiger partial charge in [0.25, 0.3) is 0 Å². The molecule has 1 aliphatic rings. The third-order valence-electron chi connectivity index (χ3n) is 3.32. The average Bonchev–Trinajstić information content (AvgIpc) is 2.86. The molecule has 2 unspecified atom stereocenters. The lowest BCUT2D eigenvalue weighted by Crippen LogP contribution is -2.11. The van der Waals surface area contributed by atoms with Crippen LogP contribution in [0.15, 0.2) is 0 Å². The molecule has 0 radical (unpaired) electrons. The molecule has 1 fully saturated rings. The number of aromatic nitrogens is 1. The van der Waals surface area contributed by atoms with E-state index in [-0.39, 0.29) is 0 Å². The van der Waals surface area contributed by atoms with E-state index in [9.17, 15) is 0 Å². The summed E-state index contributed by atoms with van der Waals surface area (Å²) in [6, 6.07) is 0. The van der Waals surface area contributed by atoms with Crippen molar-refractivity contribution in [3.63, 3.8) is 0 Å². The van der Waals surface area contributed by atoms with Crippen molar-refractivity contribution in [1.29, 1.82) is 0 Å². The second-order valence-electron chi connectivity index (χ2n) is 4.82. The quantitative estimate of drug-likeness (QED) is 0.849. The van der Waals surface area contributed by atoms with Crippen LogP contribution >= 0.6 is 11.5 Å². The third kappa shape index (κ3) is 3.03. The first-order chi connectivity index (χ1) is 8.20. The molecule has 1 aromatic heterocycles. The molecule has 2 rings (SSSR count). The van der Waals surface area contributed by atoms with Gasteiger partial charge < -0.3 is 15.8 Å². The van der Waals surface area contributed by atoms with Crippen molar-refractivity contribution < 1.29 is 4.74 Å². The molecule has 1 saturated carbocycles. The van der Waals surface area contributed by atoms with Crippen LogP contribution < -0.4 is 15.8 Å². The number of hydrogen-bond acceptors (Lipinski definition) is 5. The molecular weight excluding hydrogens is 234 g/mol. The number of nitrogens with two attached hydrogens (primary N) is 1. The Morgan fingerprint density at radius 1 is 1.53 bits per heavy atom. The Morgan fingerprint density at radius 3 is 3.00 bits per heavy atom. The van der Waals surface area contributed by atoms with Crippen molar-refractivity contribution in [2.45, 2.75) is 33.1 Å². The summed E-state index contributed by atoms with van der Waals surface area (Å²) in [4.78, 5) is 0. The summed E-state index contributed by atoms with van der Waals surface area (Å²) in [5, 5.41) is 4.41. The molecule has 0 amide bonds. The van der Waals surface area contributed by atoms with Gasteiger partial charge in [-0.1, -0.05) is 13.3 Å². The van der Waals surface area contributed by atoms with Crippen LogP contribution in [0, 0.1) is 11.8 Å². The molecule has 1 aliphatic carbocycles. The van der Waals surface area contributed by atoms with Crippen LogP contribution in [-0.4, -0.2) is 17.5 Å². The van der Waals surface area contributed by atoms with E-state index in [0.717, 1.165) is 29.1 Å². The number of nitrogens with one attached hydrogen (secondary N) is 1. The lowest BCUT2D eigenvalue weighted by atomic mass is 10.1. The summed E-state index contributed by atoms with van der Waals surface area (Å²) >= 11 is 1.39. The lowest BCUT2D eigenvalue weighted by molar-refractivity contribution is 0.344. The van der Waals surface area contributed by atoms with Crippen LogP contribution in [0.5, 0.6) is 5.75 Å². The van der Waals surface area contributed by atoms with Crippen LogP contribution in [0.2, 0.25) is 0 Å². The van der Waals surface area contributed by atoms with Gasteiger partial charge in [-0.15, -0.1) is 0 Å². The van der Waals surface area contributed by atoms with E-state index in [4.69, 9.17) is 10.5 Å². The zero-order valence-electron chi connectivity index (χ0n) is 10.5. The number of anilines is 2. The Bertz CT molecular complexity index is 367. The van der Waals surface area contributed by atoms with E-state index in [1.54, 1.807) is 0 Å². The highest BCUT2D eigenvalue weighted by Gasteiger charge is 2.22. The van der Waals surface area contributed by atoms with E-state index >= 15 is 0 Å². The van der Waals surface area contributed by atoms with Gasteiger partial charge in [0.1, 0.15) is 0 Å². The Kier molecular flexibility index (Phi) is 4.10. The van der Waals surface area contributed by atoms with Gasteiger partial charge in [-0.25, -0.2) is 0 Å². The number of hydrogen-bond donors (Lipinski definition) is 2. The predicted octanol–water partition coefficient (Wildman–Crippen LogP) is 2.97. The third-order valence-corrected chi connectivity index (χ3v) is 4.12. The Balaban J connectivity index is 1.90. The van der Waals surface area contributed by atoms with Gasteiger partial charge in [-0.05, 0) is 43.1 Å². The summed E-state index contributed by atoms with van der Waals surface area (Å²) < 4.78 is 9.63. The molecule has 2 atom stereocenters. The van der Waals surface area contributed by atoms with Crippen LogP contribution in [0.3, 0.4) is 0 Å². The molecular formula is C12H21N3OS. The van der Waals surface area contributed by atoms with Gasteiger partial charge >= 0.3 is 0 Å². The SMILES string of the molecule is CCOc1c(N)nsc1NCC1CCC(C)C1. The minimum Gasteiger partial charge on any atom is -0.487 e. The minimum atomic E-state index is 0.499. The highest BCUT2D eigenvalue weighted by atomic mass is 32.1. The van der Waals surface area contributed by atoms with Crippen molar-refractivity contribution in [1.82, 2.24) is 4.37 Å². The fraction of sp³-hybridized carbons (Fsp3) is 0.750. The molecule has 4 nitrogen and oxygen atoms in total. The van der Waals surface area contributed by atoms with E-state index in [1.165, 1.54) is 30.8 Å². The molecule has 1 heterocycles. The first-order valence-corrected chi connectivity index (χ1v) is 7.09. The van der Waals surface area contributed by atoms with Gasteiger partial charge in [0.05, 0.1) is 6.61 Å². The zero-order chi connectivity index (χ0) is 12.3. The second-order valence-corrected chi connectivity index (χ2v) is 5.60. The van der Waals surface area contributed by atoms with Crippen molar-refractivity contribution in [3.05, 3.63) is 0 Å². The molecule has 0 saturated heterocycles. The van der Waals surface area contributed by atoms with Crippen molar-refractivity contribution in [2.75, 3.05) is 24.2 Å². The number of ether oxygens (including phenoxy) is 1. The maximum Gasteiger partial charge on any atom is 0.197 e. The number of nitrogen functional groups attached to an aromatic ring is 1. The van der Waals surface area contributed by atoms with Gasteiger partial charge in [-0.2, -0.15) is 4.37 Å². The molecule has 5 heteroatoms. The summed E-state index contributed by atoms with van der Waals surface area (Å²) in [5.74, 6) is 2.88. The van der Waals surface area contributed by atoms with Gasteiger partial charge in [-0.3, -0.25) is 0 Å². The predicted molar refractivity (Wildman–Crippen MR) is 72.7 cm³/mol. The minimum absolute atomic E-state index is 0.499. The first-order valence-electron chi connectivity index (χ1n) is 6.32. The smallest absolute Gasteiger partial charge is 0.197 e. The van der Waals surface area contributed by atoms with E-state index in [2.05, 4.69) is 16.6 Å². The fourth-order valence-electron chi connectivity index (χ4n) is 2.44. The number of rotatable bonds is 5. The Labute approximate surface area is 107 Å². The lowest BCUT2D eigenvalue weighted by Gasteiger charge is -2.12. The monoisotopic (exact) mass is 255 g/mol. The van der Waals surface area contributed by atoms with Crippen LogP contribution in [-0.2, 0) is 0 Å². The van der Waals surface area contributed by atoms with E-state index < -0.39 is 0 Å². The molecule has 17 heavy (non-hydrogen) atoms. The second kappa shape index (κ2) is 5.58. The van der Waals surface area contributed by atoms with Gasteiger partial charge in [0.2, 0.25) is 0 Å². The molecule has 0 bridgehead atoms. The largest absolute Gasteiger partial charge is 0.487 e. The summed E-state index contributed by atoms with van der Waals surface area (Å²) in [6.45, 7) is 5.92. The highest BCUT2D eigenvalue weighted by Crippen LogP contribution is 2.36. The Morgan fingerprint density at radius 2 is 2.35 bits per heavy atom. The van der Waals surface area contributed by atoms with Crippen LogP contribution in [0.25, 0.3) is 0 Å². The van der Waals surface area contributed by atoms with E-state index in [0.29, 0.717) is 12.4 Å². The van der Waals surface area contributed by atoms with Gasteiger partial charge in [0.15, 0.2) is 16.6 Å². The summed E-state index contributed by atoms with van der Waals surface area (Å²) in [7, 11) is 0.